The number of hydrogen-bond donors (Lipinski definition) is 0. The summed E-state index contributed by atoms with van der Waals surface area (Å²) in [5, 5.41) is 1.74. The first-order chi connectivity index (χ1) is 13.2. The standard InChI is InChI=1S/C20H19ClN2O2S2/c21-14-7-9-16(10-8-14)26-11-3-6-19(24)25-15-12-23(13-15)20-22-17-4-1-2-5-18(17)27-20/h1-2,4-5,7-10,15H,3,6,11-13H2. The summed E-state index contributed by atoms with van der Waals surface area (Å²) < 4.78 is 6.74. The van der Waals surface area contributed by atoms with Gasteiger partial charge >= 0.3 is 5.97 Å². The third-order valence-electron chi connectivity index (χ3n) is 4.31. The predicted molar refractivity (Wildman–Crippen MR) is 113 cm³/mol. The van der Waals surface area contributed by atoms with Crippen LogP contribution in [0.2, 0.25) is 5.02 Å². The molecule has 0 amide bonds. The fourth-order valence-corrected chi connectivity index (χ4v) is 4.81. The van der Waals surface area contributed by atoms with Crippen LogP contribution in [-0.4, -0.2) is 35.9 Å². The van der Waals surface area contributed by atoms with Gasteiger partial charge in [0.15, 0.2) is 5.13 Å². The molecule has 4 nitrogen and oxygen atoms in total. The van der Waals surface area contributed by atoms with Crippen LogP contribution in [0.25, 0.3) is 10.2 Å². The largest absolute Gasteiger partial charge is 0.459 e. The number of thioether (sulfide) groups is 1. The molecule has 3 aromatic rings. The van der Waals surface area contributed by atoms with Crippen molar-refractivity contribution < 1.29 is 9.53 Å². The van der Waals surface area contributed by atoms with Crippen LogP contribution in [0.4, 0.5) is 5.13 Å². The van der Waals surface area contributed by atoms with Crippen molar-refractivity contribution in [2.75, 3.05) is 23.7 Å². The first kappa shape index (κ1) is 18.6. The van der Waals surface area contributed by atoms with Gasteiger partial charge in [0.2, 0.25) is 0 Å². The molecular formula is C20H19ClN2O2S2. The van der Waals surface area contributed by atoms with Crippen LogP contribution in [0.3, 0.4) is 0 Å². The SMILES string of the molecule is O=C(CCCSc1ccc(Cl)cc1)OC1CN(c2nc3ccccc3s2)C1. The van der Waals surface area contributed by atoms with Crippen molar-refractivity contribution in [3.8, 4) is 0 Å². The first-order valence-corrected chi connectivity index (χ1v) is 11.0. The molecule has 140 valence electrons. The van der Waals surface area contributed by atoms with E-state index in [1.54, 1.807) is 23.1 Å². The Hall–Kier alpha value is -1.76. The Morgan fingerprint density at radius 1 is 1.22 bits per heavy atom. The number of aromatic nitrogens is 1. The molecule has 2 heterocycles. The molecule has 0 N–H and O–H groups in total. The van der Waals surface area contributed by atoms with E-state index in [0.29, 0.717) is 6.42 Å². The number of carbonyl (C=O) groups excluding carboxylic acids is 1. The number of benzene rings is 2. The van der Waals surface area contributed by atoms with Crippen molar-refractivity contribution >= 4 is 56.0 Å². The molecule has 2 aromatic carbocycles. The Bertz CT molecular complexity index is 890. The maximum Gasteiger partial charge on any atom is 0.306 e. The summed E-state index contributed by atoms with van der Waals surface area (Å²) in [5.74, 6) is 0.778. The van der Waals surface area contributed by atoms with Gasteiger partial charge in [0.05, 0.1) is 23.3 Å². The summed E-state index contributed by atoms with van der Waals surface area (Å²) in [6.07, 6.45) is 1.24. The van der Waals surface area contributed by atoms with Gasteiger partial charge in [-0.3, -0.25) is 4.79 Å². The lowest BCUT2D eigenvalue weighted by Crippen LogP contribution is -2.53. The molecule has 0 spiro atoms. The van der Waals surface area contributed by atoms with E-state index in [0.717, 1.165) is 40.9 Å². The molecule has 1 aliphatic heterocycles. The number of halogens is 1. The number of rotatable bonds is 7. The van der Waals surface area contributed by atoms with Crippen LogP contribution in [0.5, 0.6) is 0 Å². The highest BCUT2D eigenvalue weighted by molar-refractivity contribution is 7.99. The highest BCUT2D eigenvalue weighted by Crippen LogP contribution is 2.31. The Morgan fingerprint density at radius 2 is 2.00 bits per heavy atom. The van der Waals surface area contributed by atoms with Crippen LogP contribution >= 0.6 is 34.7 Å². The second-order valence-electron chi connectivity index (χ2n) is 6.39. The minimum absolute atomic E-state index is 0.0200. The van der Waals surface area contributed by atoms with Gasteiger partial charge in [-0.05, 0) is 48.6 Å². The molecule has 1 aliphatic rings. The van der Waals surface area contributed by atoms with Gasteiger partial charge in [-0.25, -0.2) is 4.98 Å². The molecule has 0 radical (unpaired) electrons. The van der Waals surface area contributed by atoms with E-state index in [1.165, 1.54) is 9.60 Å². The third-order valence-corrected chi connectivity index (χ3v) is 6.75. The Kier molecular flexibility index (Phi) is 5.86. The Morgan fingerprint density at radius 3 is 2.78 bits per heavy atom. The average molecular weight is 419 g/mol. The van der Waals surface area contributed by atoms with Gasteiger partial charge < -0.3 is 9.64 Å². The van der Waals surface area contributed by atoms with Gasteiger partial charge in [0.25, 0.3) is 0 Å². The highest BCUT2D eigenvalue weighted by Gasteiger charge is 2.31. The predicted octanol–water partition coefficient (Wildman–Crippen LogP) is 5.25. The fraction of sp³-hybridized carbons (Fsp3) is 0.300. The molecular weight excluding hydrogens is 400 g/mol. The van der Waals surface area contributed by atoms with E-state index in [4.69, 9.17) is 16.3 Å². The van der Waals surface area contributed by atoms with Gasteiger partial charge in [0.1, 0.15) is 6.10 Å². The number of thiazole rings is 1. The van der Waals surface area contributed by atoms with E-state index in [-0.39, 0.29) is 12.1 Å². The van der Waals surface area contributed by atoms with E-state index < -0.39 is 0 Å². The highest BCUT2D eigenvalue weighted by atomic mass is 35.5. The topological polar surface area (TPSA) is 42.4 Å². The van der Waals surface area contributed by atoms with E-state index in [1.807, 2.05) is 42.5 Å². The normalized spacial score (nSPS) is 14.3. The van der Waals surface area contributed by atoms with Crippen LogP contribution in [0.15, 0.2) is 53.4 Å². The van der Waals surface area contributed by atoms with Crippen molar-refractivity contribution in [2.45, 2.75) is 23.8 Å². The maximum absolute atomic E-state index is 12.0. The molecule has 1 fully saturated rings. The molecule has 0 bridgehead atoms. The zero-order valence-electron chi connectivity index (χ0n) is 14.6. The molecule has 0 aliphatic carbocycles. The zero-order chi connectivity index (χ0) is 18.6. The van der Waals surface area contributed by atoms with Crippen LogP contribution < -0.4 is 4.90 Å². The first-order valence-electron chi connectivity index (χ1n) is 8.86. The van der Waals surface area contributed by atoms with Crippen molar-refractivity contribution in [3.05, 3.63) is 53.6 Å². The lowest BCUT2D eigenvalue weighted by Gasteiger charge is -2.38. The molecule has 1 saturated heterocycles. The average Bonchev–Trinajstić information content (AvgIpc) is 3.06. The summed E-state index contributed by atoms with van der Waals surface area (Å²) >= 11 is 9.28. The number of nitrogens with zero attached hydrogens (tertiary/aromatic N) is 2. The summed E-state index contributed by atoms with van der Waals surface area (Å²) in [7, 11) is 0. The number of ether oxygens (including phenoxy) is 1. The number of esters is 1. The molecule has 7 heteroatoms. The second kappa shape index (κ2) is 8.50. The van der Waals surface area contributed by atoms with Crippen molar-refractivity contribution in [3.63, 3.8) is 0 Å². The number of carbonyl (C=O) groups is 1. The number of hydrogen-bond acceptors (Lipinski definition) is 6. The molecule has 0 atom stereocenters. The molecule has 27 heavy (non-hydrogen) atoms. The summed E-state index contributed by atoms with van der Waals surface area (Å²) in [6, 6.07) is 15.9. The summed E-state index contributed by atoms with van der Waals surface area (Å²) in [6.45, 7) is 1.45. The quantitative estimate of drug-likeness (QED) is 0.297. The monoisotopic (exact) mass is 418 g/mol. The second-order valence-corrected chi connectivity index (χ2v) is 9.00. The van der Waals surface area contributed by atoms with Crippen molar-refractivity contribution in [2.24, 2.45) is 0 Å². The molecule has 4 rings (SSSR count). The molecule has 0 unspecified atom stereocenters. The van der Waals surface area contributed by atoms with Gasteiger partial charge in [0, 0.05) is 16.3 Å². The minimum Gasteiger partial charge on any atom is -0.459 e. The van der Waals surface area contributed by atoms with Crippen molar-refractivity contribution in [1.82, 2.24) is 4.98 Å². The van der Waals surface area contributed by atoms with Crippen molar-refractivity contribution in [1.29, 1.82) is 0 Å². The minimum atomic E-state index is -0.111. The summed E-state index contributed by atoms with van der Waals surface area (Å²) in [5.41, 5.74) is 1.02. The molecule has 0 saturated carbocycles. The van der Waals surface area contributed by atoms with E-state index >= 15 is 0 Å². The van der Waals surface area contributed by atoms with Crippen LogP contribution in [0, 0.1) is 0 Å². The number of anilines is 1. The van der Waals surface area contributed by atoms with Crippen LogP contribution in [-0.2, 0) is 9.53 Å². The lowest BCUT2D eigenvalue weighted by atomic mass is 10.2. The third kappa shape index (κ3) is 4.75. The van der Waals surface area contributed by atoms with E-state index in [2.05, 4.69) is 16.0 Å². The maximum atomic E-state index is 12.0. The number of fused-ring (bicyclic) bond motifs is 1. The van der Waals surface area contributed by atoms with Gasteiger partial charge in [-0.2, -0.15) is 0 Å². The van der Waals surface area contributed by atoms with Gasteiger partial charge in [-0.1, -0.05) is 35.1 Å². The molecule has 1 aromatic heterocycles. The summed E-state index contributed by atoms with van der Waals surface area (Å²) in [4.78, 5) is 20.0. The van der Waals surface area contributed by atoms with Gasteiger partial charge in [-0.15, -0.1) is 11.8 Å². The fourth-order valence-electron chi connectivity index (χ4n) is 2.85. The lowest BCUT2D eigenvalue weighted by molar-refractivity contribution is -0.150. The Balaban J connectivity index is 1.15. The van der Waals surface area contributed by atoms with E-state index in [9.17, 15) is 4.79 Å². The Labute approximate surface area is 171 Å². The van der Waals surface area contributed by atoms with Crippen LogP contribution in [0.1, 0.15) is 12.8 Å². The smallest absolute Gasteiger partial charge is 0.306 e. The number of para-hydroxylation sites is 1. The zero-order valence-corrected chi connectivity index (χ0v) is 17.0.